The lowest BCUT2D eigenvalue weighted by Crippen LogP contribution is -2.48. The van der Waals surface area contributed by atoms with Crippen LogP contribution in [0.5, 0.6) is 0 Å². The van der Waals surface area contributed by atoms with Crippen LogP contribution in [-0.4, -0.2) is 29.8 Å². The van der Waals surface area contributed by atoms with E-state index in [0.717, 1.165) is 12.8 Å². The molecule has 1 aromatic carbocycles. The molecule has 0 aliphatic heterocycles. The van der Waals surface area contributed by atoms with Crippen LogP contribution < -0.4 is 22.1 Å². The molecular formula is C15H21ClN4O3. The summed E-state index contributed by atoms with van der Waals surface area (Å²) in [6.45, 7) is -0.235. The Morgan fingerprint density at radius 3 is 2.43 bits per heavy atom. The number of rotatable bonds is 5. The van der Waals surface area contributed by atoms with Crippen molar-refractivity contribution in [2.45, 2.75) is 31.2 Å². The molecule has 0 bridgehead atoms. The van der Waals surface area contributed by atoms with Crippen molar-refractivity contribution in [1.29, 1.82) is 0 Å². The zero-order chi connectivity index (χ0) is 16.2. The van der Waals surface area contributed by atoms with Gasteiger partial charge >= 0.3 is 0 Å². The molecule has 0 aromatic heterocycles. The van der Waals surface area contributed by atoms with Crippen LogP contribution in [0.3, 0.4) is 0 Å². The number of carbonyl (C=O) groups excluding carboxylic acids is 3. The molecule has 1 aromatic rings. The van der Waals surface area contributed by atoms with Gasteiger partial charge in [0.25, 0.3) is 5.91 Å². The molecule has 0 radical (unpaired) electrons. The zero-order valence-corrected chi connectivity index (χ0v) is 13.4. The molecule has 0 spiro atoms. The Bertz CT molecular complexity index is 600. The monoisotopic (exact) mass is 340 g/mol. The summed E-state index contributed by atoms with van der Waals surface area (Å²) in [7, 11) is 0. The topological polar surface area (TPSA) is 127 Å². The number of nitrogens with one attached hydrogen (secondary N) is 2. The van der Waals surface area contributed by atoms with E-state index in [9.17, 15) is 14.4 Å². The standard InChI is InChI=1S/C15H20N4O3.ClH/c16-12(20)9-18-13(21)10-4-3-5-11(8-10)19-14(22)15(17)6-1-2-7-15;/h3-5,8H,1-2,6-7,9,17H2,(H2,16,20)(H,18,21)(H,19,22);1H. The van der Waals surface area contributed by atoms with Crippen LogP contribution in [0, 0.1) is 0 Å². The van der Waals surface area contributed by atoms with Gasteiger partial charge in [-0.25, -0.2) is 0 Å². The number of halogens is 1. The Hall–Kier alpha value is -2.12. The van der Waals surface area contributed by atoms with E-state index >= 15 is 0 Å². The molecular weight excluding hydrogens is 320 g/mol. The second-order valence-electron chi connectivity index (χ2n) is 5.55. The molecule has 0 unspecified atom stereocenters. The highest BCUT2D eigenvalue weighted by atomic mass is 35.5. The van der Waals surface area contributed by atoms with E-state index in [4.69, 9.17) is 11.5 Å². The van der Waals surface area contributed by atoms with Gasteiger partial charge in [-0.2, -0.15) is 0 Å². The fraction of sp³-hybridized carbons (Fsp3) is 0.400. The van der Waals surface area contributed by atoms with Crippen LogP contribution in [0.4, 0.5) is 5.69 Å². The third kappa shape index (κ3) is 4.94. The van der Waals surface area contributed by atoms with Gasteiger partial charge in [0.1, 0.15) is 0 Å². The van der Waals surface area contributed by atoms with Crippen molar-refractivity contribution in [2.24, 2.45) is 11.5 Å². The summed E-state index contributed by atoms with van der Waals surface area (Å²) in [5.74, 6) is -1.29. The maximum absolute atomic E-state index is 12.2. The van der Waals surface area contributed by atoms with Crippen molar-refractivity contribution in [2.75, 3.05) is 11.9 Å². The van der Waals surface area contributed by atoms with Crippen molar-refractivity contribution in [3.63, 3.8) is 0 Å². The largest absolute Gasteiger partial charge is 0.368 e. The highest BCUT2D eigenvalue weighted by molar-refractivity contribution is 6.00. The van der Waals surface area contributed by atoms with E-state index in [0.29, 0.717) is 24.1 Å². The van der Waals surface area contributed by atoms with Gasteiger partial charge in [0, 0.05) is 11.3 Å². The summed E-state index contributed by atoms with van der Waals surface area (Å²) in [4.78, 5) is 34.8. The molecule has 2 rings (SSSR count). The summed E-state index contributed by atoms with van der Waals surface area (Å²) in [6.07, 6.45) is 3.22. The number of anilines is 1. The number of amides is 3. The summed E-state index contributed by atoms with van der Waals surface area (Å²) < 4.78 is 0. The first kappa shape index (κ1) is 18.9. The lowest BCUT2D eigenvalue weighted by Gasteiger charge is -2.22. The molecule has 6 N–H and O–H groups in total. The maximum Gasteiger partial charge on any atom is 0.251 e. The molecule has 1 aliphatic rings. The third-order valence-corrected chi connectivity index (χ3v) is 3.75. The molecule has 23 heavy (non-hydrogen) atoms. The first-order chi connectivity index (χ1) is 10.4. The first-order valence-electron chi connectivity index (χ1n) is 7.18. The van der Waals surface area contributed by atoms with Crippen LogP contribution >= 0.6 is 12.4 Å². The lowest BCUT2D eigenvalue weighted by molar-refractivity contribution is -0.121. The van der Waals surface area contributed by atoms with Gasteiger partial charge in [0.2, 0.25) is 11.8 Å². The van der Waals surface area contributed by atoms with Gasteiger partial charge in [-0.3, -0.25) is 14.4 Å². The molecule has 8 heteroatoms. The molecule has 7 nitrogen and oxygen atoms in total. The highest BCUT2D eigenvalue weighted by Crippen LogP contribution is 2.28. The molecule has 0 atom stereocenters. The first-order valence-corrected chi connectivity index (χ1v) is 7.18. The van der Waals surface area contributed by atoms with Crippen molar-refractivity contribution in [1.82, 2.24) is 5.32 Å². The highest BCUT2D eigenvalue weighted by Gasteiger charge is 2.36. The molecule has 1 saturated carbocycles. The number of hydrogen-bond donors (Lipinski definition) is 4. The van der Waals surface area contributed by atoms with Crippen LogP contribution in [0.2, 0.25) is 0 Å². The molecule has 0 heterocycles. The van der Waals surface area contributed by atoms with Crippen LogP contribution in [0.15, 0.2) is 24.3 Å². The predicted octanol–water partition coefficient (Wildman–Crippen LogP) is 0.533. The van der Waals surface area contributed by atoms with Crippen LogP contribution in [0.1, 0.15) is 36.0 Å². The van der Waals surface area contributed by atoms with Gasteiger partial charge in [-0.15, -0.1) is 12.4 Å². The van der Waals surface area contributed by atoms with Crippen molar-refractivity contribution >= 4 is 35.8 Å². The predicted molar refractivity (Wildman–Crippen MR) is 89.2 cm³/mol. The second-order valence-corrected chi connectivity index (χ2v) is 5.55. The lowest BCUT2D eigenvalue weighted by atomic mass is 9.98. The summed E-state index contributed by atoms with van der Waals surface area (Å²) in [5, 5.41) is 5.14. The van der Waals surface area contributed by atoms with Crippen molar-refractivity contribution in [3.05, 3.63) is 29.8 Å². The average Bonchev–Trinajstić information content (AvgIpc) is 2.93. The summed E-state index contributed by atoms with van der Waals surface area (Å²) >= 11 is 0. The van der Waals surface area contributed by atoms with Crippen LogP contribution in [-0.2, 0) is 9.59 Å². The van der Waals surface area contributed by atoms with E-state index in [1.807, 2.05) is 0 Å². The van der Waals surface area contributed by atoms with Gasteiger partial charge in [0.05, 0.1) is 12.1 Å². The van der Waals surface area contributed by atoms with E-state index in [1.165, 1.54) is 6.07 Å². The van der Waals surface area contributed by atoms with Crippen molar-refractivity contribution in [3.8, 4) is 0 Å². The second kappa shape index (κ2) is 7.94. The van der Waals surface area contributed by atoms with Crippen molar-refractivity contribution < 1.29 is 14.4 Å². The number of hydrogen-bond acceptors (Lipinski definition) is 4. The molecule has 1 aliphatic carbocycles. The minimum Gasteiger partial charge on any atom is -0.368 e. The summed E-state index contributed by atoms with van der Waals surface area (Å²) in [5.41, 5.74) is 11.1. The minimum atomic E-state index is -0.829. The van der Waals surface area contributed by atoms with Crippen LogP contribution in [0.25, 0.3) is 0 Å². The maximum atomic E-state index is 12.2. The molecule has 0 saturated heterocycles. The van der Waals surface area contributed by atoms with E-state index in [1.54, 1.807) is 18.2 Å². The Kier molecular flexibility index (Phi) is 6.53. The Labute approximate surface area is 140 Å². The fourth-order valence-corrected chi connectivity index (χ4v) is 2.50. The Balaban J connectivity index is 0.00000264. The molecule has 126 valence electrons. The number of benzene rings is 1. The van der Waals surface area contributed by atoms with Gasteiger partial charge in [-0.05, 0) is 31.0 Å². The number of nitrogens with two attached hydrogens (primary N) is 2. The van der Waals surface area contributed by atoms with E-state index in [-0.39, 0.29) is 24.9 Å². The summed E-state index contributed by atoms with van der Waals surface area (Å²) in [6, 6.07) is 6.44. The van der Waals surface area contributed by atoms with Gasteiger partial charge in [-0.1, -0.05) is 18.9 Å². The quantitative estimate of drug-likeness (QED) is 0.623. The number of primary amides is 1. The van der Waals surface area contributed by atoms with Gasteiger partial charge < -0.3 is 22.1 Å². The zero-order valence-electron chi connectivity index (χ0n) is 12.6. The minimum absolute atomic E-state index is 0. The Morgan fingerprint density at radius 2 is 1.83 bits per heavy atom. The third-order valence-electron chi connectivity index (χ3n) is 3.75. The average molecular weight is 341 g/mol. The normalized spacial score (nSPS) is 15.3. The number of carbonyl (C=O) groups is 3. The molecule has 1 fully saturated rings. The van der Waals surface area contributed by atoms with E-state index < -0.39 is 17.4 Å². The van der Waals surface area contributed by atoms with Gasteiger partial charge in [0.15, 0.2) is 0 Å². The fourth-order valence-electron chi connectivity index (χ4n) is 2.50. The Morgan fingerprint density at radius 1 is 1.17 bits per heavy atom. The van der Waals surface area contributed by atoms with E-state index in [2.05, 4.69) is 10.6 Å². The smallest absolute Gasteiger partial charge is 0.251 e. The molecule has 3 amide bonds. The SMILES string of the molecule is Cl.NC(=O)CNC(=O)c1cccc(NC(=O)C2(N)CCCC2)c1.